The average Bonchev–Trinajstić information content (AvgIpc) is 3.11. The van der Waals surface area contributed by atoms with E-state index in [-0.39, 0.29) is 5.92 Å². The minimum Gasteiger partial charge on any atom is -0.449 e. The molecule has 31 heavy (non-hydrogen) atoms. The van der Waals surface area contributed by atoms with Crippen molar-refractivity contribution in [3.8, 4) is 23.0 Å². The molecule has 0 saturated carbocycles. The fourth-order valence-electron chi connectivity index (χ4n) is 3.88. The zero-order valence-electron chi connectivity index (χ0n) is 17.7. The summed E-state index contributed by atoms with van der Waals surface area (Å²) >= 11 is 0. The Bertz CT molecular complexity index is 1120. The molecule has 4 rings (SSSR count). The van der Waals surface area contributed by atoms with Crippen LogP contribution in [0.3, 0.4) is 0 Å². The Morgan fingerprint density at radius 2 is 1.58 bits per heavy atom. The number of nitrogens with one attached hydrogen (secondary N) is 1. The molecule has 154 valence electrons. The molecule has 1 aliphatic carbocycles. The van der Waals surface area contributed by atoms with E-state index in [9.17, 15) is 4.79 Å². The van der Waals surface area contributed by atoms with Crippen molar-refractivity contribution in [2.24, 2.45) is 0 Å². The van der Waals surface area contributed by atoms with Crippen molar-refractivity contribution in [3.63, 3.8) is 0 Å². The van der Waals surface area contributed by atoms with Gasteiger partial charge < -0.3 is 10.1 Å². The minimum atomic E-state index is -0.408. The van der Waals surface area contributed by atoms with Gasteiger partial charge in [0.1, 0.15) is 6.61 Å². The van der Waals surface area contributed by atoms with Crippen LogP contribution in [0, 0.1) is 11.8 Å². The van der Waals surface area contributed by atoms with Crippen LogP contribution < -0.4 is 5.32 Å². The SMILES string of the molecule is C=C(C)c1ccc(C#CCCNC(=O)OCC2c3ccccc3-c3ccccc32)cc1. The van der Waals surface area contributed by atoms with Gasteiger partial charge in [-0.25, -0.2) is 4.79 Å². The average molecular weight is 408 g/mol. The van der Waals surface area contributed by atoms with Crippen molar-refractivity contribution < 1.29 is 9.53 Å². The molecule has 0 unspecified atom stereocenters. The number of hydrogen-bond donors (Lipinski definition) is 1. The quantitative estimate of drug-likeness (QED) is 0.416. The van der Waals surface area contributed by atoms with E-state index in [1.165, 1.54) is 22.3 Å². The largest absolute Gasteiger partial charge is 0.449 e. The molecule has 3 aromatic rings. The topological polar surface area (TPSA) is 38.3 Å². The molecule has 3 aromatic carbocycles. The van der Waals surface area contributed by atoms with E-state index >= 15 is 0 Å². The summed E-state index contributed by atoms with van der Waals surface area (Å²) in [6, 6.07) is 24.6. The Balaban J connectivity index is 1.27. The molecule has 0 radical (unpaired) electrons. The molecule has 0 saturated heterocycles. The van der Waals surface area contributed by atoms with Gasteiger partial charge in [0, 0.05) is 24.4 Å². The lowest BCUT2D eigenvalue weighted by atomic mass is 9.98. The molecular weight excluding hydrogens is 382 g/mol. The van der Waals surface area contributed by atoms with Gasteiger partial charge in [-0.3, -0.25) is 0 Å². The summed E-state index contributed by atoms with van der Waals surface area (Å²) in [5.41, 5.74) is 7.96. The molecule has 0 aliphatic heterocycles. The van der Waals surface area contributed by atoms with Gasteiger partial charge in [0.25, 0.3) is 0 Å². The summed E-state index contributed by atoms with van der Waals surface area (Å²) in [7, 11) is 0. The Morgan fingerprint density at radius 1 is 0.968 bits per heavy atom. The molecule has 0 fully saturated rings. The fourth-order valence-corrected chi connectivity index (χ4v) is 3.88. The third-order valence-corrected chi connectivity index (χ3v) is 5.47. The van der Waals surface area contributed by atoms with E-state index in [0.29, 0.717) is 19.6 Å². The van der Waals surface area contributed by atoms with Crippen LogP contribution in [0.5, 0.6) is 0 Å². The lowest BCUT2D eigenvalue weighted by Crippen LogP contribution is -2.26. The summed E-state index contributed by atoms with van der Waals surface area (Å²) in [5, 5.41) is 2.79. The standard InChI is InChI=1S/C28H25NO2/c1-20(2)22-16-14-21(15-17-22)9-7-8-18-29-28(30)31-19-27-25-12-5-3-10-23(25)24-11-4-6-13-26(24)27/h3-6,10-17,27H,1,8,18-19H2,2H3,(H,29,30). The molecule has 1 aliphatic rings. The lowest BCUT2D eigenvalue weighted by Gasteiger charge is -2.14. The molecule has 1 amide bonds. The Kier molecular flexibility index (Phi) is 6.19. The highest BCUT2D eigenvalue weighted by Gasteiger charge is 2.28. The number of rotatable bonds is 5. The highest BCUT2D eigenvalue weighted by atomic mass is 16.5. The van der Waals surface area contributed by atoms with Crippen LogP contribution in [-0.2, 0) is 4.74 Å². The normalized spacial score (nSPS) is 11.6. The third-order valence-electron chi connectivity index (χ3n) is 5.47. The van der Waals surface area contributed by atoms with E-state index < -0.39 is 6.09 Å². The van der Waals surface area contributed by atoms with Crippen LogP contribution >= 0.6 is 0 Å². The highest BCUT2D eigenvalue weighted by Crippen LogP contribution is 2.44. The third kappa shape index (κ3) is 4.70. The Labute approximate surface area is 183 Å². The number of ether oxygens (including phenoxy) is 1. The molecule has 0 bridgehead atoms. The van der Waals surface area contributed by atoms with Gasteiger partial charge in [-0.2, -0.15) is 0 Å². The van der Waals surface area contributed by atoms with Gasteiger partial charge in [0.05, 0.1) is 0 Å². The van der Waals surface area contributed by atoms with E-state index in [2.05, 4.69) is 48.0 Å². The first kappa shape index (κ1) is 20.5. The number of fused-ring (bicyclic) bond motifs is 3. The van der Waals surface area contributed by atoms with Crippen molar-refractivity contribution in [1.82, 2.24) is 5.32 Å². The summed E-state index contributed by atoms with van der Waals surface area (Å²) < 4.78 is 5.53. The maximum Gasteiger partial charge on any atom is 0.407 e. The van der Waals surface area contributed by atoms with Crippen LogP contribution in [0.1, 0.15) is 41.5 Å². The number of hydrogen-bond acceptors (Lipinski definition) is 2. The van der Waals surface area contributed by atoms with Crippen molar-refractivity contribution >= 4 is 11.7 Å². The second-order valence-corrected chi connectivity index (χ2v) is 7.66. The number of amides is 1. The van der Waals surface area contributed by atoms with Crippen LogP contribution in [-0.4, -0.2) is 19.2 Å². The number of carbonyl (C=O) groups excluding carboxylic acids is 1. The molecule has 1 N–H and O–H groups in total. The maximum atomic E-state index is 12.2. The van der Waals surface area contributed by atoms with Crippen LogP contribution in [0.25, 0.3) is 16.7 Å². The van der Waals surface area contributed by atoms with E-state index in [0.717, 1.165) is 16.7 Å². The monoisotopic (exact) mass is 407 g/mol. The Morgan fingerprint density at radius 3 is 2.19 bits per heavy atom. The first-order valence-corrected chi connectivity index (χ1v) is 10.5. The zero-order valence-corrected chi connectivity index (χ0v) is 17.7. The smallest absolute Gasteiger partial charge is 0.407 e. The number of benzene rings is 3. The number of carbonyl (C=O) groups is 1. The van der Waals surface area contributed by atoms with Crippen LogP contribution in [0.4, 0.5) is 4.79 Å². The molecule has 3 nitrogen and oxygen atoms in total. The van der Waals surface area contributed by atoms with Gasteiger partial charge in [-0.05, 0) is 46.9 Å². The first-order valence-electron chi connectivity index (χ1n) is 10.5. The summed E-state index contributed by atoms with van der Waals surface area (Å²) in [5.74, 6) is 6.27. The number of allylic oxidation sites excluding steroid dienone is 1. The first-order chi connectivity index (χ1) is 15.1. The van der Waals surface area contributed by atoms with Crippen molar-refractivity contribution in [2.75, 3.05) is 13.2 Å². The second-order valence-electron chi connectivity index (χ2n) is 7.66. The highest BCUT2D eigenvalue weighted by molar-refractivity contribution is 5.79. The van der Waals surface area contributed by atoms with Gasteiger partial charge in [0.15, 0.2) is 0 Å². The second kappa shape index (κ2) is 9.36. The van der Waals surface area contributed by atoms with E-state index in [4.69, 9.17) is 4.74 Å². The number of alkyl carbamates (subject to hydrolysis) is 1. The van der Waals surface area contributed by atoms with Crippen molar-refractivity contribution in [2.45, 2.75) is 19.3 Å². The van der Waals surface area contributed by atoms with Gasteiger partial charge in [-0.1, -0.05) is 84.7 Å². The van der Waals surface area contributed by atoms with Gasteiger partial charge in [0.2, 0.25) is 0 Å². The maximum absolute atomic E-state index is 12.2. The summed E-state index contributed by atoms with van der Waals surface area (Å²) in [6.45, 7) is 6.69. The molecule has 3 heteroatoms. The molecule has 0 aromatic heterocycles. The minimum absolute atomic E-state index is 0.0696. The zero-order chi connectivity index (χ0) is 21.6. The molecular formula is C28H25NO2. The van der Waals surface area contributed by atoms with Gasteiger partial charge in [-0.15, -0.1) is 0 Å². The van der Waals surface area contributed by atoms with Crippen LogP contribution in [0.2, 0.25) is 0 Å². The van der Waals surface area contributed by atoms with E-state index in [1.807, 2.05) is 55.5 Å². The predicted octanol–water partition coefficient (Wildman–Crippen LogP) is 6.00. The summed E-state index contributed by atoms with van der Waals surface area (Å²) in [4.78, 5) is 12.2. The van der Waals surface area contributed by atoms with Crippen molar-refractivity contribution in [3.05, 3.63) is 102 Å². The molecule has 0 heterocycles. The predicted molar refractivity (Wildman–Crippen MR) is 126 cm³/mol. The lowest BCUT2D eigenvalue weighted by molar-refractivity contribution is 0.143. The molecule has 0 atom stereocenters. The van der Waals surface area contributed by atoms with E-state index in [1.54, 1.807) is 0 Å². The fraction of sp³-hybridized carbons (Fsp3) is 0.179. The van der Waals surface area contributed by atoms with Gasteiger partial charge >= 0.3 is 6.09 Å². The van der Waals surface area contributed by atoms with Crippen molar-refractivity contribution in [1.29, 1.82) is 0 Å². The molecule has 0 spiro atoms. The van der Waals surface area contributed by atoms with Crippen LogP contribution in [0.15, 0.2) is 79.4 Å². The summed E-state index contributed by atoms with van der Waals surface area (Å²) in [6.07, 6.45) is 0.154. The Hall–Kier alpha value is -3.77.